The van der Waals surface area contributed by atoms with Crippen LogP contribution < -0.4 is 0 Å². The zero-order valence-electron chi connectivity index (χ0n) is 8.08. The van der Waals surface area contributed by atoms with E-state index in [2.05, 4.69) is 15.9 Å². The van der Waals surface area contributed by atoms with E-state index in [9.17, 15) is 9.90 Å². The zero-order chi connectivity index (χ0) is 9.92. The van der Waals surface area contributed by atoms with Gasteiger partial charge in [0.05, 0.1) is 0 Å². The number of rotatable bonds is 1. The van der Waals surface area contributed by atoms with E-state index in [0.29, 0.717) is 11.8 Å². The minimum absolute atomic E-state index is 0.399. The van der Waals surface area contributed by atoms with Crippen molar-refractivity contribution in [2.24, 2.45) is 23.7 Å². The fourth-order valence-electron chi connectivity index (χ4n) is 4.22. The maximum Gasteiger partial charge on any atom is 0.321 e. The lowest BCUT2D eigenvalue weighted by Gasteiger charge is -2.56. The van der Waals surface area contributed by atoms with Gasteiger partial charge in [-0.3, -0.25) is 4.79 Å². The third-order valence-corrected chi connectivity index (χ3v) is 6.29. The second-order valence-electron chi connectivity index (χ2n) is 5.38. The molecule has 0 saturated heterocycles. The highest BCUT2D eigenvalue weighted by atomic mass is 79.9. The van der Waals surface area contributed by atoms with E-state index in [1.165, 1.54) is 6.42 Å². The summed E-state index contributed by atoms with van der Waals surface area (Å²) in [7, 11) is 0. The van der Waals surface area contributed by atoms with Gasteiger partial charge in [-0.15, -0.1) is 0 Å². The van der Waals surface area contributed by atoms with Crippen molar-refractivity contribution in [3.8, 4) is 0 Å². The number of alkyl halides is 1. The second-order valence-corrected chi connectivity index (χ2v) is 6.69. The fraction of sp³-hybridized carbons (Fsp3) is 0.909. The molecule has 0 aliphatic heterocycles. The molecule has 0 atom stereocenters. The summed E-state index contributed by atoms with van der Waals surface area (Å²) in [5.41, 5.74) is 0. The zero-order valence-corrected chi connectivity index (χ0v) is 9.66. The Labute approximate surface area is 92.2 Å². The van der Waals surface area contributed by atoms with Crippen LogP contribution in [0.15, 0.2) is 0 Å². The molecular weight excluding hydrogens is 244 g/mol. The van der Waals surface area contributed by atoms with Crippen LogP contribution in [0.1, 0.15) is 32.1 Å². The molecule has 0 heterocycles. The minimum atomic E-state index is -0.619. The van der Waals surface area contributed by atoms with Crippen molar-refractivity contribution in [1.82, 2.24) is 0 Å². The number of hydrogen-bond donors (Lipinski definition) is 1. The molecule has 0 aromatic rings. The van der Waals surface area contributed by atoms with Gasteiger partial charge in [0, 0.05) is 0 Å². The molecule has 1 N–H and O–H groups in total. The molecule has 3 heteroatoms. The van der Waals surface area contributed by atoms with Gasteiger partial charge in [0.25, 0.3) is 0 Å². The lowest BCUT2D eigenvalue weighted by atomic mass is 9.52. The first-order valence-electron chi connectivity index (χ1n) is 5.53. The Morgan fingerprint density at radius 2 is 1.50 bits per heavy atom. The number of carboxylic acid groups (broad SMARTS) is 1. The van der Waals surface area contributed by atoms with E-state index in [0.717, 1.165) is 37.5 Å². The number of carboxylic acids is 1. The average Bonchev–Trinajstić information content (AvgIpc) is 2.12. The monoisotopic (exact) mass is 258 g/mol. The van der Waals surface area contributed by atoms with Crippen LogP contribution in [0.3, 0.4) is 0 Å². The summed E-state index contributed by atoms with van der Waals surface area (Å²) < 4.78 is -0.569. The van der Waals surface area contributed by atoms with Gasteiger partial charge < -0.3 is 5.11 Å². The largest absolute Gasteiger partial charge is 0.480 e. The van der Waals surface area contributed by atoms with Gasteiger partial charge in [0.15, 0.2) is 0 Å². The Kier molecular flexibility index (Phi) is 1.80. The summed E-state index contributed by atoms with van der Waals surface area (Å²) >= 11 is 3.55. The Morgan fingerprint density at radius 3 is 1.86 bits per heavy atom. The minimum Gasteiger partial charge on any atom is -0.480 e. The standard InChI is InChI=1S/C11H15BrO2/c12-11(10(13)14)8-2-6-1-7(4-8)5-9(11)3-6/h6-9H,1-5H2,(H,13,14). The van der Waals surface area contributed by atoms with Crippen molar-refractivity contribution < 1.29 is 9.90 Å². The molecule has 4 aliphatic rings. The molecule has 0 spiro atoms. The lowest BCUT2D eigenvalue weighted by molar-refractivity contribution is -0.150. The van der Waals surface area contributed by atoms with Crippen LogP contribution >= 0.6 is 15.9 Å². The third kappa shape index (κ3) is 0.995. The third-order valence-electron chi connectivity index (χ3n) is 4.65. The highest BCUT2D eigenvalue weighted by Gasteiger charge is 2.59. The molecule has 14 heavy (non-hydrogen) atoms. The van der Waals surface area contributed by atoms with Crippen LogP contribution in [0.25, 0.3) is 0 Å². The van der Waals surface area contributed by atoms with Gasteiger partial charge in [-0.25, -0.2) is 0 Å². The molecular formula is C11H15BrO2. The van der Waals surface area contributed by atoms with E-state index in [-0.39, 0.29) is 0 Å². The topological polar surface area (TPSA) is 37.3 Å². The van der Waals surface area contributed by atoms with Crippen molar-refractivity contribution in [3.63, 3.8) is 0 Å². The second kappa shape index (κ2) is 2.75. The number of hydrogen-bond acceptors (Lipinski definition) is 1. The SMILES string of the molecule is O=C(O)C1(Br)C2CC3CC(C2)CC1C3. The maximum absolute atomic E-state index is 11.4. The van der Waals surface area contributed by atoms with Crippen molar-refractivity contribution in [2.75, 3.05) is 0 Å². The van der Waals surface area contributed by atoms with Crippen LogP contribution in [-0.4, -0.2) is 15.4 Å². The first-order valence-corrected chi connectivity index (χ1v) is 6.32. The summed E-state index contributed by atoms with van der Waals surface area (Å²) in [6, 6.07) is 0. The molecule has 2 nitrogen and oxygen atoms in total. The average molecular weight is 259 g/mol. The smallest absolute Gasteiger partial charge is 0.321 e. The summed E-state index contributed by atoms with van der Waals surface area (Å²) in [5, 5.41) is 9.36. The highest BCUT2D eigenvalue weighted by Crippen LogP contribution is 2.61. The van der Waals surface area contributed by atoms with Gasteiger partial charge in [0.2, 0.25) is 0 Å². The van der Waals surface area contributed by atoms with Crippen LogP contribution in [-0.2, 0) is 4.79 Å². The van der Waals surface area contributed by atoms with E-state index >= 15 is 0 Å². The fourth-order valence-corrected chi connectivity index (χ4v) is 4.97. The molecule has 4 rings (SSSR count). The van der Waals surface area contributed by atoms with E-state index in [1.54, 1.807) is 0 Å². The Morgan fingerprint density at radius 1 is 1.07 bits per heavy atom. The first kappa shape index (κ1) is 9.20. The van der Waals surface area contributed by atoms with Gasteiger partial charge in [0.1, 0.15) is 4.32 Å². The van der Waals surface area contributed by atoms with Crippen LogP contribution in [0.5, 0.6) is 0 Å². The molecule has 4 fully saturated rings. The normalized spacial score (nSPS) is 54.9. The molecule has 4 saturated carbocycles. The van der Waals surface area contributed by atoms with Gasteiger partial charge in [-0.05, 0) is 55.8 Å². The molecule has 0 aromatic heterocycles. The molecule has 0 aromatic carbocycles. The van der Waals surface area contributed by atoms with Crippen molar-refractivity contribution >= 4 is 21.9 Å². The van der Waals surface area contributed by atoms with Crippen molar-refractivity contribution in [2.45, 2.75) is 36.4 Å². The quantitative estimate of drug-likeness (QED) is 0.735. The highest BCUT2D eigenvalue weighted by molar-refractivity contribution is 9.10. The Balaban J connectivity index is 1.98. The molecule has 4 aliphatic carbocycles. The summed E-state index contributed by atoms with van der Waals surface area (Å²) in [4.78, 5) is 11.4. The van der Waals surface area contributed by atoms with E-state index in [1.807, 2.05) is 0 Å². The molecule has 78 valence electrons. The maximum atomic E-state index is 11.4. The lowest BCUT2D eigenvalue weighted by Crippen LogP contribution is -2.58. The number of halogens is 1. The summed E-state index contributed by atoms with van der Waals surface area (Å²) in [6.45, 7) is 0. The van der Waals surface area contributed by atoms with E-state index < -0.39 is 10.3 Å². The predicted octanol–water partition coefficient (Wildman–Crippen LogP) is 2.66. The van der Waals surface area contributed by atoms with Gasteiger partial charge in [-0.2, -0.15) is 0 Å². The molecule has 0 amide bonds. The van der Waals surface area contributed by atoms with Crippen LogP contribution in [0.2, 0.25) is 0 Å². The summed E-state index contributed by atoms with van der Waals surface area (Å²) in [6.07, 6.45) is 5.94. The molecule has 4 bridgehead atoms. The first-order chi connectivity index (χ1) is 6.60. The number of aliphatic carboxylic acids is 1. The van der Waals surface area contributed by atoms with Gasteiger partial charge >= 0.3 is 5.97 Å². The van der Waals surface area contributed by atoms with Crippen LogP contribution in [0.4, 0.5) is 0 Å². The van der Waals surface area contributed by atoms with Gasteiger partial charge in [-0.1, -0.05) is 15.9 Å². The number of carbonyl (C=O) groups is 1. The Bertz CT molecular complexity index is 259. The summed E-state index contributed by atoms with van der Waals surface area (Å²) in [5.74, 6) is 1.85. The predicted molar refractivity (Wildman–Crippen MR) is 56.3 cm³/mol. The Hall–Kier alpha value is -0.0500. The van der Waals surface area contributed by atoms with Crippen LogP contribution in [0, 0.1) is 23.7 Å². The molecule has 0 unspecified atom stereocenters. The van der Waals surface area contributed by atoms with E-state index in [4.69, 9.17) is 0 Å². The molecule has 0 radical (unpaired) electrons. The van der Waals surface area contributed by atoms with Crippen molar-refractivity contribution in [1.29, 1.82) is 0 Å². The van der Waals surface area contributed by atoms with Crippen molar-refractivity contribution in [3.05, 3.63) is 0 Å².